The average Bonchev–Trinajstić information content (AvgIpc) is 2.76. The molecule has 0 fully saturated rings. The zero-order chi connectivity index (χ0) is 12.0. The van der Waals surface area contributed by atoms with E-state index in [-0.39, 0.29) is 11.9 Å². The third kappa shape index (κ3) is 3.62. The predicted octanol–water partition coefficient (Wildman–Crippen LogP) is 0.214. The van der Waals surface area contributed by atoms with Crippen LogP contribution in [0.5, 0.6) is 0 Å². The lowest BCUT2D eigenvalue weighted by atomic mass is 10.2. The Bertz CT molecular complexity index is 336. The number of hydrogen-bond acceptors (Lipinski definition) is 4. The minimum absolute atomic E-state index is 0.0469. The van der Waals surface area contributed by atoms with Crippen molar-refractivity contribution in [3.63, 3.8) is 0 Å². The van der Waals surface area contributed by atoms with Gasteiger partial charge in [0.25, 0.3) is 0 Å². The summed E-state index contributed by atoms with van der Waals surface area (Å²) < 4.78 is 1.73. The van der Waals surface area contributed by atoms with Gasteiger partial charge in [-0.25, -0.2) is 0 Å². The summed E-state index contributed by atoms with van der Waals surface area (Å²) in [6, 6.07) is -0.0484. The highest BCUT2D eigenvalue weighted by atomic mass is 16.1. The summed E-state index contributed by atoms with van der Waals surface area (Å²) in [6.07, 6.45) is 3.95. The summed E-state index contributed by atoms with van der Waals surface area (Å²) in [5.41, 5.74) is 6.63. The van der Waals surface area contributed by atoms with Crippen LogP contribution in [0.3, 0.4) is 0 Å². The van der Waals surface area contributed by atoms with E-state index in [1.54, 1.807) is 11.7 Å². The highest BCUT2D eigenvalue weighted by Gasteiger charge is 2.08. The molecule has 0 aliphatic heterocycles. The molecule has 1 amide bonds. The highest BCUT2D eigenvalue weighted by molar-refractivity contribution is 5.75. The fourth-order valence-electron chi connectivity index (χ4n) is 1.33. The Labute approximate surface area is 95.2 Å². The van der Waals surface area contributed by atoms with Gasteiger partial charge in [-0.15, -0.1) is 5.10 Å². The summed E-state index contributed by atoms with van der Waals surface area (Å²) in [5, 5.41) is 10.5. The maximum Gasteiger partial charge on any atom is 0.219 e. The van der Waals surface area contributed by atoms with Crippen molar-refractivity contribution in [3.8, 4) is 0 Å². The van der Waals surface area contributed by atoms with Gasteiger partial charge in [-0.3, -0.25) is 9.48 Å². The van der Waals surface area contributed by atoms with Crippen LogP contribution >= 0.6 is 0 Å². The summed E-state index contributed by atoms with van der Waals surface area (Å²) in [5.74, 6) is 0.0469. The molecule has 16 heavy (non-hydrogen) atoms. The molecule has 0 radical (unpaired) electrons. The first kappa shape index (κ1) is 12.6. The number of aryl methyl sites for hydroxylation is 1. The predicted molar refractivity (Wildman–Crippen MR) is 60.5 cm³/mol. The number of rotatable bonds is 6. The summed E-state index contributed by atoms with van der Waals surface area (Å²) in [4.78, 5) is 11.0. The van der Waals surface area contributed by atoms with Gasteiger partial charge in [-0.05, 0) is 12.8 Å². The SMILES string of the molecule is CCC(N)c1cn(CCCC(=O)NC)nn1. The van der Waals surface area contributed by atoms with Crippen molar-refractivity contribution in [2.24, 2.45) is 5.73 Å². The summed E-state index contributed by atoms with van der Waals surface area (Å²) in [7, 11) is 1.64. The zero-order valence-corrected chi connectivity index (χ0v) is 9.81. The molecule has 1 aromatic rings. The van der Waals surface area contributed by atoms with Gasteiger partial charge in [0.15, 0.2) is 0 Å². The number of hydrogen-bond donors (Lipinski definition) is 2. The van der Waals surface area contributed by atoms with Gasteiger partial charge >= 0.3 is 0 Å². The largest absolute Gasteiger partial charge is 0.359 e. The fourth-order valence-corrected chi connectivity index (χ4v) is 1.33. The molecule has 0 aliphatic carbocycles. The first-order valence-electron chi connectivity index (χ1n) is 5.53. The topological polar surface area (TPSA) is 85.8 Å². The monoisotopic (exact) mass is 225 g/mol. The van der Waals surface area contributed by atoms with Crippen LogP contribution in [-0.4, -0.2) is 27.9 Å². The van der Waals surface area contributed by atoms with Crippen molar-refractivity contribution in [2.75, 3.05) is 7.05 Å². The van der Waals surface area contributed by atoms with Gasteiger partial charge in [0.1, 0.15) is 0 Å². The third-order valence-corrected chi connectivity index (χ3v) is 2.45. The molecule has 3 N–H and O–H groups in total. The van der Waals surface area contributed by atoms with Gasteiger partial charge in [0.2, 0.25) is 5.91 Å². The molecule has 6 heteroatoms. The number of nitrogens with one attached hydrogen (secondary N) is 1. The Morgan fingerprint density at radius 3 is 3.06 bits per heavy atom. The minimum Gasteiger partial charge on any atom is -0.359 e. The maximum atomic E-state index is 11.0. The Morgan fingerprint density at radius 1 is 1.69 bits per heavy atom. The first-order valence-corrected chi connectivity index (χ1v) is 5.53. The smallest absolute Gasteiger partial charge is 0.219 e. The van der Waals surface area contributed by atoms with Crippen LogP contribution in [0, 0.1) is 0 Å². The molecule has 0 saturated carbocycles. The number of carbonyl (C=O) groups is 1. The number of amides is 1. The molecule has 0 saturated heterocycles. The van der Waals surface area contributed by atoms with Crippen molar-refractivity contribution < 1.29 is 4.79 Å². The number of carbonyl (C=O) groups excluding carboxylic acids is 1. The zero-order valence-electron chi connectivity index (χ0n) is 9.81. The van der Waals surface area contributed by atoms with Crippen LogP contribution in [0.15, 0.2) is 6.20 Å². The van der Waals surface area contributed by atoms with Crippen LogP contribution in [0.1, 0.15) is 37.9 Å². The molecule has 0 bridgehead atoms. The van der Waals surface area contributed by atoms with E-state index < -0.39 is 0 Å². The Balaban J connectivity index is 2.37. The third-order valence-electron chi connectivity index (χ3n) is 2.45. The molecule has 1 aromatic heterocycles. The van der Waals surface area contributed by atoms with Gasteiger partial charge < -0.3 is 11.1 Å². The number of nitrogens with zero attached hydrogens (tertiary/aromatic N) is 3. The first-order chi connectivity index (χ1) is 7.67. The van der Waals surface area contributed by atoms with E-state index in [4.69, 9.17) is 5.73 Å². The second kappa shape index (κ2) is 6.22. The quantitative estimate of drug-likeness (QED) is 0.725. The van der Waals surface area contributed by atoms with Crippen LogP contribution in [0.4, 0.5) is 0 Å². The van der Waals surface area contributed by atoms with Gasteiger partial charge in [-0.1, -0.05) is 12.1 Å². The maximum absolute atomic E-state index is 11.0. The molecule has 1 heterocycles. The Kier molecular flexibility index (Phi) is 4.91. The number of aromatic nitrogens is 3. The molecule has 6 nitrogen and oxygen atoms in total. The fraction of sp³-hybridized carbons (Fsp3) is 0.700. The standard InChI is InChI=1S/C10H19N5O/c1-3-8(11)9-7-15(14-13-9)6-4-5-10(16)12-2/h7-8H,3-6,11H2,1-2H3,(H,12,16). The van der Waals surface area contributed by atoms with E-state index in [1.165, 1.54) is 0 Å². The molecule has 0 aliphatic rings. The van der Waals surface area contributed by atoms with Gasteiger partial charge in [0.05, 0.1) is 17.9 Å². The van der Waals surface area contributed by atoms with Gasteiger partial charge in [-0.2, -0.15) is 0 Å². The Hall–Kier alpha value is -1.43. The van der Waals surface area contributed by atoms with E-state index in [0.717, 1.165) is 18.5 Å². The lowest BCUT2D eigenvalue weighted by Gasteiger charge is -2.02. The summed E-state index contributed by atoms with van der Waals surface area (Å²) >= 11 is 0. The normalized spacial score (nSPS) is 12.4. The van der Waals surface area contributed by atoms with E-state index >= 15 is 0 Å². The average molecular weight is 225 g/mol. The van der Waals surface area contributed by atoms with Crippen molar-refractivity contribution in [3.05, 3.63) is 11.9 Å². The summed E-state index contributed by atoms with van der Waals surface area (Å²) in [6.45, 7) is 2.70. The molecule has 0 aromatic carbocycles. The molecular formula is C10H19N5O. The molecule has 0 spiro atoms. The van der Waals surface area contributed by atoms with Crippen LogP contribution in [-0.2, 0) is 11.3 Å². The highest BCUT2D eigenvalue weighted by Crippen LogP contribution is 2.09. The van der Waals surface area contributed by atoms with Crippen molar-refractivity contribution >= 4 is 5.91 Å². The van der Waals surface area contributed by atoms with Crippen molar-refractivity contribution in [1.82, 2.24) is 20.3 Å². The molecule has 1 rings (SSSR count). The lowest BCUT2D eigenvalue weighted by Crippen LogP contribution is -2.17. The van der Waals surface area contributed by atoms with Crippen molar-refractivity contribution in [2.45, 2.75) is 38.8 Å². The lowest BCUT2D eigenvalue weighted by molar-refractivity contribution is -0.120. The second-order valence-corrected chi connectivity index (χ2v) is 3.70. The van der Waals surface area contributed by atoms with E-state index in [9.17, 15) is 4.79 Å². The van der Waals surface area contributed by atoms with Crippen LogP contribution < -0.4 is 11.1 Å². The number of nitrogens with two attached hydrogens (primary N) is 1. The van der Waals surface area contributed by atoms with E-state index in [1.807, 2.05) is 13.1 Å². The second-order valence-electron chi connectivity index (χ2n) is 3.70. The minimum atomic E-state index is -0.0484. The Morgan fingerprint density at radius 2 is 2.44 bits per heavy atom. The molecule has 90 valence electrons. The van der Waals surface area contributed by atoms with Crippen LogP contribution in [0.25, 0.3) is 0 Å². The van der Waals surface area contributed by atoms with Gasteiger partial charge in [0, 0.05) is 20.0 Å². The van der Waals surface area contributed by atoms with Crippen LogP contribution in [0.2, 0.25) is 0 Å². The van der Waals surface area contributed by atoms with Crippen molar-refractivity contribution in [1.29, 1.82) is 0 Å². The molecule has 1 unspecified atom stereocenters. The van der Waals surface area contributed by atoms with E-state index in [2.05, 4.69) is 15.6 Å². The molecule has 1 atom stereocenters. The molecular weight excluding hydrogens is 206 g/mol. The van der Waals surface area contributed by atoms with E-state index in [0.29, 0.717) is 13.0 Å².